The van der Waals surface area contributed by atoms with E-state index >= 15 is 0 Å². The number of allylic oxidation sites excluding steroid dienone is 6. The van der Waals surface area contributed by atoms with Crippen LogP contribution in [0.4, 0.5) is 0 Å². The van der Waals surface area contributed by atoms with Crippen molar-refractivity contribution in [3.05, 3.63) is 36.5 Å². The van der Waals surface area contributed by atoms with Crippen LogP contribution in [-0.4, -0.2) is 5.24 Å². The lowest BCUT2D eigenvalue weighted by molar-refractivity contribution is -0.107. The van der Waals surface area contributed by atoms with Crippen LogP contribution in [0.15, 0.2) is 36.5 Å². The molecule has 0 aromatic heterocycles. The van der Waals surface area contributed by atoms with Crippen molar-refractivity contribution in [3.63, 3.8) is 0 Å². The second kappa shape index (κ2) is 8.28. The van der Waals surface area contributed by atoms with Crippen molar-refractivity contribution in [1.29, 1.82) is 0 Å². The number of rotatable bonds is 5. The summed E-state index contributed by atoms with van der Waals surface area (Å²) in [4.78, 5) is 10.2. The van der Waals surface area contributed by atoms with Gasteiger partial charge in [0.1, 0.15) is 0 Å². The maximum atomic E-state index is 10.2. The summed E-state index contributed by atoms with van der Waals surface area (Å²) in [5, 5.41) is -0.447. The second-order valence-corrected chi connectivity index (χ2v) is 2.64. The van der Waals surface area contributed by atoms with Crippen LogP contribution in [0.1, 0.15) is 19.8 Å². The second-order valence-electron chi connectivity index (χ2n) is 2.26. The van der Waals surface area contributed by atoms with Gasteiger partial charge in [-0.15, -0.1) is 0 Å². The van der Waals surface area contributed by atoms with Crippen molar-refractivity contribution < 1.29 is 4.79 Å². The molecule has 0 aromatic carbocycles. The molecule has 0 aromatic rings. The third kappa shape index (κ3) is 9.18. The molecule has 0 heterocycles. The van der Waals surface area contributed by atoms with Gasteiger partial charge in [0.25, 0.3) is 0 Å². The van der Waals surface area contributed by atoms with E-state index in [4.69, 9.17) is 11.6 Å². The van der Waals surface area contributed by atoms with E-state index in [1.165, 1.54) is 6.08 Å². The molecular formula is C10H13ClO. The highest BCUT2D eigenvalue weighted by molar-refractivity contribution is 6.66. The van der Waals surface area contributed by atoms with Gasteiger partial charge in [-0.2, -0.15) is 0 Å². The van der Waals surface area contributed by atoms with Gasteiger partial charge in [0, 0.05) is 0 Å². The highest BCUT2D eigenvalue weighted by Crippen LogP contribution is 1.89. The lowest BCUT2D eigenvalue weighted by Gasteiger charge is -1.79. The molecule has 0 radical (unpaired) electrons. The maximum Gasteiger partial charge on any atom is 0.245 e. The van der Waals surface area contributed by atoms with Crippen molar-refractivity contribution in [2.75, 3.05) is 0 Å². The molecule has 0 atom stereocenters. The van der Waals surface area contributed by atoms with Crippen molar-refractivity contribution in [3.8, 4) is 0 Å². The quantitative estimate of drug-likeness (QED) is 0.364. The number of unbranched alkanes of at least 4 members (excludes halogenated alkanes) is 1. The minimum absolute atomic E-state index is 0.447. The molecule has 0 amide bonds. The van der Waals surface area contributed by atoms with E-state index in [2.05, 4.69) is 13.0 Å². The van der Waals surface area contributed by atoms with Gasteiger partial charge in [-0.1, -0.05) is 43.7 Å². The molecule has 0 bridgehead atoms. The van der Waals surface area contributed by atoms with Crippen LogP contribution in [-0.2, 0) is 4.79 Å². The zero-order valence-electron chi connectivity index (χ0n) is 7.16. The highest BCUT2D eigenvalue weighted by Gasteiger charge is 1.79. The van der Waals surface area contributed by atoms with Crippen LogP contribution >= 0.6 is 11.6 Å². The third-order valence-corrected chi connectivity index (χ3v) is 1.28. The molecule has 0 rings (SSSR count). The Bertz CT molecular complexity index is 202. The van der Waals surface area contributed by atoms with Crippen molar-refractivity contribution in [2.45, 2.75) is 19.8 Å². The Labute approximate surface area is 78.4 Å². The lowest BCUT2D eigenvalue weighted by atomic mass is 10.3. The van der Waals surface area contributed by atoms with Gasteiger partial charge >= 0.3 is 0 Å². The van der Waals surface area contributed by atoms with Gasteiger partial charge < -0.3 is 0 Å². The molecule has 12 heavy (non-hydrogen) atoms. The van der Waals surface area contributed by atoms with E-state index in [1.54, 1.807) is 12.2 Å². The van der Waals surface area contributed by atoms with Gasteiger partial charge in [-0.25, -0.2) is 0 Å². The molecule has 0 aliphatic rings. The zero-order valence-corrected chi connectivity index (χ0v) is 7.92. The summed E-state index contributed by atoms with van der Waals surface area (Å²) in [5.41, 5.74) is 0. The van der Waals surface area contributed by atoms with E-state index in [9.17, 15) is 4.79 Å². The first-order valence-electron chi connectivity index (χ1n) is 3.96. The smallest absolute Gasteiger partial charge is 0.245 e. The fourth-order valence-corrected chi connectivity index (χ4v) is 0.674. The molecule has 1 nitrogen and oxygen atoms in total. The zero-order chi connectivity index (χ0) is 9.23. The van der Waals surface area contributed by atoms with Gasteiger partial charge in [0.05, 0.1) is 0 Å². The average molecular weight is 185 g/mol. The number of halogens is 1. The highest BCUT2D eigenvalue weighted by atomic mass is 35.5. The minimum Gasteiger partial charge on any atom is -0.276 e. The number of carbonyl (C=O) groups is 1. The van der Waals surface area contributed by atoms with Crippen molar-refractivity contribution in [1.82, 2.24) is 0 Å². The summed E-state index contributed by atoms with van der Waals surface area (Å²) < 4.78 is 0. The van der Waals surface area contributed by atoms with Gasteiger partial charge in [0.15, 0.2) is 0 Å². The first kappa shape index (κ1) is 11.2. The summed E-state index contributed by atoms with van der Waals surface area (Å²) in [5.74, 6) is 0. The largest absolute Gasteiger partial charge is 0.276 e. The number of hydrogen-bond acceptors (Lipinski definition) is 1. The summed E-state index contributed by atoms with van der Waals surface area (Å²) in [6, 6.07) is 0. The molecule has 0 aliphatic heterocycles. The molecule has 0 aliphatic carbocycles. The van der Waals surface area contributed by atoms with E-state index in [1.807, 2.05) is 12.2 Å². The summed E-state index contributed by atoms with van der Waals surface area (Å²) in [6.07, 6.45) is 12.8. The van der Waals surface area contributed by atoms with E-state index in [0.29, 0.717) is 0 Å². The predicted octanol–water partition coefficient (Wildman–Crippen LogP) is 3.22. The Hall–Kier alpha value is -0.820. The summed E-state index contributed by atoms with van der Waals surface area (Å²) in [6.45, 7) is 2.13. The Balaban J connectivity index is 3.56. The molecule has 0 saturated carbocycles. The molecule has 0 N–H and O–H groups in total. The molecule has 66 valence electrons. The van der Waals surface area contributed by atoms with Crippen LogP contribution < -0.4 is 0 Å². The fourth-order valence-electron chi connectivity index (χ4n) is 0.601. The van der Waals surface area contributed by atoms with Gasteiger partial charge in [-0.05, 0) is 24.1 Å². The Morgan fingerprint density at radius 2 is 1.92 bits per heavy atom. The molecule has 0 saturated heterocycles. The van der Waals surface area contributed by atoms with Crippen molar-refractivity contribution >= 4 is 16.8 Å². The molecule has 0 fully saturated rings. The first-order chi connectivity index (χ1) is 5.77. The van der Waals surface area contributed by atoms with Gasteiger partial charge in [-0.3, -0.25) is 4.79 Å². The predicted molar refractivity (Wildman–Crippen MR) is 53.2 cm³/mol. The van der Waals surface area contributed by atoms with Crippen molar-refractivity contribution in [2.24, 2.45) is 0 Å². The minimum atomic E-state index is -0.447. The summed E-state index contributed by atoms with van der Waals surface area (Å²) >= 11 is 5.06. The van der Waals surface area contributed by atoms with Gasteiger partial charge in [0.2, 0.25) is 5.24 Å². The Kier molecular flexibility index (Phi) is 7.71. The van der Waals surface area contributed by atoms with Crippen LogP contribution in [0.3, 0.4) is 0 Å². The normalized spacial score (nSPS) is 12.2. The van der Waals surface area contributed by atoms with E-state index < -0.39 is 5.24 Å². The maximum absolute atomic E-state index is 10.2. The van der Waals surface area contributed by atoms with Crippen LogP contribution in [0.5, 0.6) is 0 Å². The van der Waals surface area contributed by atoms with E-state index in [0.717, 1.165) is 12.8 Å². The number of hydrogen-bond donors (Lipinski definition) is 0. The topological polar surface area (TPSA) is 17.1 Å². The molecular weight excluding hydrogens is 172 g/mol. The third-order valence-electron chi connectivity index (χ3n) is 1.15. The Morgan fingerprint density at radius 3 is 2.50 bits per heavy atom. The SMILES string of the molecule is CCC\C=C/C=C/C=C/C(=O)Cl. The number of carbonyl (C=O) groups excluding carboxylic acids is 1. The molecule has 0 unspecified atom stereocenters. The van der Waals surface area contributed by atoms with Crippen LogP contribution in [0.25, 0.3) is 0 Å². The molecule has 2 heteroatoms. The van der Waals surface area contributed by atoms with Crippen LogP contribution in [0.2, 0.25) is 0 Å². The average Bonchev–Trinajstić information content (AvgIpc) is 2.02. The Morgan fingerprint density at radius 1 is 1.25 bits per heavy atom. The first-order valence-corrected chi connectivity index (χ1v) is 4.34. The molecule has 0 spiro atoms. The summed E-state index contributed by atoms with van der Waals surface area (Å²) in [7, 11) is 0. The van der Waals surface area contributed by atoms with E-state index in [-0.39, 0.29) is 0 Å². The standard InChI is InChI=1S/C10H13ClO/c1-2-3-4-5-6-7-8-9-10(11)12/h4-9H,2-3H2,1H3/b5-4-,7-6+,9-8+. The monoisotopic (exact) mass is 184 g/mol. The lowest BCUT2D eigenvalue weighted by Crippen LogP contribution is -1.71. The fraction of sp³-hybridized carbons (Fsp3) is 0.300. The van der Waals surface area contributed by atoms with Crippen LogP contribution in [0, 0.1) is 0 Å².